The molecule has 0 saturated carbocycles. The van der Waals surface area contributed by atoms with Crippen LogP contribution in [0.3, 0.4) is 0 Å². The lowest BCUT2D eigenvalue weighted by atomic mass is 9.90. The first-order valence-electron chi connectivity index (χ1n) is 8.16. The number of unbranched alkanes of at least 4 members (excludes halogenated alkanes) is 1. The van der Waals surface area contributed by atoms with Crippen LogP contribution in [-0.4, -0.2) is 24.5 Å². The zero-order valence-electron chi connectivity index (χ0n) is 13.6. The Morgan fingerprint density at radius 1 is 1.14 bits per heavy atom. The van der Waals surface area contributed by atoms with Crippen molar-refractivity contribution in [3.63, 3.8) is 0 Å². The molecule has 0 radical (unpaired) electrons. The summed E-state index contributed by atoms with van der Waals surface area (Å²) in [6.45, 7) is 6.59. The van der Waals surface area contributed by atoms with Crippen molar-refractivity contribution in [3.05, 3.63) is 30.3 Å². The van der Waals surface area contributed by atoms with E-state index in [0.29, 0.717) is 12.3 Å². The van der Waals surface area contributed by atoms with Gasteiger partial charge in [-0.2, -0.15) is 0 Å². The van der Waals surface area contributed by atoms with Crippen LogP contribution >= 0.6 is 0 Å². The number of benzene rings is 1. The molecule has 0 aliphatic carbocycles. The highest BCUT2D eigenvalue weighted by Crippen LogP contribution is 2.34. The molecule has 22 heavy (non-hydrogen) atoms. The number of para-hydroxylation sites is 1. The Morgan fingerprint density at radius 3 is 2.41 bits per heavy atom. The van der Waals surface area contributed by atoms with E-state index < -0.39 is 0 Å². The molecule has 3 atom stereocenters. The van der Waals surface area contributed by atoms with E-state index in [1.165, 1.54) is 4.90 Å². The number of carbonyl (C=O) groups is 2. The van der Waals surface area contributed by atoms with Crippen molar-refractivity contribution in [2.45, 2.75) is 46.1 Å². The average molecular weight is 303 g/mol. The lowest BCUT2D eigenvalue weighted by Crippen LogP contribution is -2.35. The highest BCUT2D eigenvalue weighted by atomic mass is 16.5. The van der Waals surface area contributed by atoms with Gasteiger partial charge >= 0.3 is 0 Å². The van der Waals surface area contributed by atoms with Crippen molar-refractivity contribution in [1.29, 1.82) is 0 Å². The van der Waals surface area contributed by atoms with Crippen molar-refractivity contribution >= 4 is 17.5 Å². The molecule has 0 bridgehead atoms. The van der Waals surface area contributed by atoms with Crippen molar-refractivity contribution in [2.75, 3.05) is 11.5 Å². The Morgan fingerprint density at radius 2 is 1.82 bits per heavy atom. The van der Waals surface area contributed by atoms with E-state index in [2.05, 4.69) is 6.92 Å². The first kappa shape index (κ1) is 16.7. The van der Waals surface area contributed by atoms with Gasteiger partial charge in [0, 0.05) is 6.61 Å². The molecule has 120 valence electrons. The van der Waals surface area contributed by atoms with E-state index in [4.69, 9.17) is 4.74 Å². The summed E-state index contributed by atoms with van der Waals surface area (Å²) in [5, 5.41) is 0. The minimum atomic E-state index is -0.380. The Balaban J connectivity index is 2.19. The Bertz CT molecular complexity index is 514. The highest BCUT2D eigenvalue weighted by Gasteiger charge is 2.49. The zero-order chi connectivity index (χ0) is 16.1. The topological polar surface area (TPSA) is 46.6 Å². The van der Waals surface area contributed by atoms with Crippen molar-refractivity contribution in [1.82, 2.24) is 0 Å². The number of amides is 2. The van der Waals surface area contributed by atoms with Crippen molar-refractivity contribution < 1.29 is 14.3 Å². The van der Waals surface area contributed by atoms with Gasteiger partial charge in [-0.25, -0.2) is 4.90 Å². The molecule has 2 amide bonds. The molecule has 0 aromatic heterocycles. The average Bonchev–Trinajstić information content (AvgIpc) is 2.75. The van der Waals surface area contributed by atoms with Crippen LogP contribution in [0.4, 0.5) is 5.69 Å². The molecule has 4 heteroatoms. The highest BCUT2D eigenvalue weighted by molar-refractivity contribution is 6.22. The smallest absolute Gasteiger partial charge is 0.240 e. The number of nitrogens with zero attached hydrogens (tertiary/aromatic N) is 1. The van der Waals surface area contributed by atoms with E-state index in [0.717, 1.165) is 19.3 Å². The van der Waals surface area contributed by atoms with Crippen LogP contribution in [0.25, 0.3) is 0 Å². The number of rotatable bonds is 7. The van der Waals surface area contributed by atoms with Crippen LogP contribution < -0.4 is 4.90 Å². The lowest BCUT2D eigenvalue weighted by molar-refractivity contribution is -0.126. The number of ether oxygens (including phenoxy) is 1. The molecule has 0 N–H and O–H groups in total. The molecule has 1 saturated heterocycles. The van der Waals surface area contributed by atoms with Crippen LogP contribution in [0.15, 0.2) is 30.3 Å². The van der Waals surface area contributed by atoms with E-state index >= 15 is 0 Å². The summed E-state index contributed by atoms with van der Waals surface area (Å²) in [7, 11) is 0. The third-order valence-corrected chi connectivity index (χ3v) is 4.30. The first-order valence-corrected chi connectivity index (χ1v) is 8.16. The fourth-order valence-corrected chi connectivity index (χ4v) is 3.00. The molecule has 3 unspecified atom stereocenters. The quantitative estimate of drug-likeness (QED) is 0.573. The van der Waals surface area contributed by atoms with Gasteiger partial charge in [0.25, 0.3) is 0 Å². The van der Waals surface area contributed by atoms with Crippen molar-refractivity contribution in [2.24, 2.45) is 11.8 Å². The maximum Gasteiger partial charge on any atom is 0.240 e. The second-order valence-electron chi connectivity index (χ2n) is 5.83. The summed E-state index contributed by atoms with van der Waals surface area (Å²) in [4.78, 5) is 26.6. The van der Waals surface area contributed by atoms with E-state index in [1.807, 2.05) is 32.0 Å². The SMILES string of the molecule is CCCCOC(CC)C1C(=O)N(c2ccccc2)C(=O)C1C. The van der Waals surface area contributed by atoms with Crippen LogP contribution in [0, 0.1) is 11.8 Å². The third kappa shape index (κ3) is 3.22. The Kier molecular flexibility index (Phi) is 5.72. The summed E-state index contributed by atoms with van der Waals surface area (Å²) >= 11 is 0. The molecule has 0 spiro atoms. The first-order chi connectivity index (χ1) is 10.6. The monoisotopic (exact) mass is 303 g/mol. The number of imide groups is 1. The lowest BCUT2D eigenvalue weighted by Gasteiger charge is -2.23. The van der Waals surface area contributed by atoms with Gasteiger partial charge in [-0.05, 0) is 25.0 Å². The maximum atomic E-state index is 12.8. The maximum absolute atomic E-state index is 12.8. The second-order valence-corrected chi connectivity index (χ2v) is 5.83. The number of hydrogen-bond acceptors (Lipinski definition) is 3. The fraction of sp³-hybridized carbons (Fsp3) is 0.556. The van der Waals surface area contributed by atoms with Gasteiger partial charge in [-0.1, -0.05) is 45.4 Å². The van der Waals surface area contributed by atoms with Crippen LogP contribution in [0.1, 0.15) is 40.0 Å². The van der Waals surface area contributed by atoms with E-state index in [9.17, 15) is 9.59 Å². The minimum absolute atomic E-state index is 0.126. The van der Waals surface area contributed by atoms with E-state index in [-0.39, 0.29) is 29.8 Å². The van der Waals surface area contributed by atoms with Gasteiger partial charge in [-0.3, -0.25) is 9.59 Å². The van der Waals surface area contributed by atoms with Gasteiger partial charge in [0.2, 0.25) is 11.8 Å². The van der Waals surface area contributed by atoms with E-state index in [1.54, 1.807) is 12.1 Å². The van der Waals surface area contributed by atoms with Crippen LogP contribution in [-0.2, 0) is 14.3 Å². The summed E-state index contributed by atoms with van der Waals surface area (Å²) in [5.41, 5.74) is 0.648. The predicted molar refractivity (Wildman–Crippen MR) is 86.5 cm³/mol. The van der Waals surface area contributed by atoms with Crippen molar-refractivity contribution in [3.8, 4) is 0 Å². The molecule has 1 fully saturated rings. The molecular weight excluding hydrogens is 278 g/mol. The molecule has 1 aliphatic rings. The molecule has 4 nitrogen and oxygen atoms in total. The Labute approximate surface area is 132 Å². The number of hydrogen-bond donors (Lipinski definition) is 0. The van der Waals surface area contributed by atoms with Gasteiger partial charge in [0.05, 0.1) is 23.6 Å². The summed E-state index contributed by atoms with van der Waals surface area (Å²) in [5.74, 6) is -0.973. The Hall–Kier alpha value is -1.68. The van der Waals surface area contributed by atoms with Crippen LogP contribution in [0.5, 0.6) is 0 Å². The van der Waals surface area contributed by atoms with Gasteiger partial charge in [-0.15, -0.1) is 0 Å². The molecule has 1 aliphatic heterocycles. The second kappa shape index (κ2) is 7.54. The molecule has 2 rings (SSSR count). The zero-order valence-corrected chi connectivity index (χ0v) is 13.6. The largest absolute Gasteiger partial charge is 0.377 e. The summed E-state index contributed by atoms with van der Waals surface area (Å²) in [6.07, 6.45) is 2.58. The van der Waals surface area contributed by atoms with Gasteiger partial charge in [0.15, 0.2) is 0 Å². The summed E-state index contributed by atoms with van der Waals surface area (Å²) in [6, 6.07) is 9.14. The molecule has 1 heterocycles. The van der Waals surface area contributed by atoms with Crippen LogP contribution in [0.2, 0.25) is 0 Å². The summed E-state index contributed by atoms with van der Waals surface area (Å²) < 4.78 is 5.89. The molecule has 1 aromatic carbocycles. The minimum Gasteiger partial charge on any atom is -0.377 e. The predicted octanol–water partition coefficient (Wildman–Crippen LogP) is 3.41. The molecule has 1 aromatic rings. The third-order valence-electron chi connectivity index (χ3n) is 4.30. The number of carbonyl (C=O) groups excluding carboxylic acids is 2. The fourth-order valence-electron chi connectivity index (χ4n) is 3.00. The normalized spacial score (nSPS) is 23.1. The standard InChI is InChI=1S/C18H25NO3/c1-4-6-12-22-15(5-2)16-13(3)17(20)19(18(16)21)14-10-8-7-9-11-14/h7-11,13,15-16H,4-6,12H2,1-3H3. The van der Waals surface area contributed by atoms with Gasteiger partial charge < -0.3 is 4.74 Å². The van der Waals surface area contributed by atoms with Gasteiger partial charge in [0.1, 0.15) is 0 Å². The number of anilines is 1. The molecular formula is C18H25NO3.